The Kier molecular flexibility index (Phi) is 6.16. The minimum atomic E-state index is -0.767. The molecule has 0 spiro atoms. The number of amides is 1. The summed E-state index contributed by atoms with van der Waals surface area (Å²) in [6.07, 6.45) is 3.70. The summed E-state index contributed by atoms with van der Waals surface area (Å²) in [5.41, 5.74) is 0.212. The van der Waals surface area contributed by atoms with Crippen LogP contribution in [0.1, 0.15) is 44.1 Å². The van der Waals surface area contributed by atoms with Crippen LogP contribution in [0.25, 0.3) is 0 Å². The van der Waals surface area contributed by atoms with Crippen molar-refractivity contribution in [3.8, 4) is 0 Å². The second kappa shape index (κ2) is 8.37. The Morgan fingerprint density at radius 1 is 1.19 bits per heavy atom. The number of fused-ring (bicyclic) bond motifs is 2. The Bertz CT molecular complexity index is 575. The molecule has 2 aliphatic heterocycles. The summed E-state index contributed by atoms with van der Waals surface area (Å²) >= 11 is 0. The van der Waals surface area contributed by atoms with E-state index in [1.165, 1.54) is 0 Å². The first kappa shape index (κ1) is 19.1. The average molecular weight is 363 g/mol. The van der Waals surface area contributed by atoms with E-state index in [1.54, 1.807) is 14.2 Å². The van der Waals surface area contributed by atoms with Gasteiger partial charge in [-0.1, -0.05) is 30.3 Å². The number of nitrogens with zero attached hydrogens (tertiary/aromatic N) is 1. The maximum absolute atomic E-state index is 12.6. The summed E-state index contributed by atoms with van der Waals surface area (Å²) < 4.78 is 16.0. The van der Waals surface area contributed by atoms with Gasteiger partial charge in [0.25, 0.3) is 0 Å². The fourth-order valence-electron chi connectivity index (χ4n) is 4.34. The molecule has 0 aromatic heterocycles. The predicted molar refractivity (Wildman–Crippen MR) is 96.5 cm³/mol. The number of aliphatic hydroxyl groups is 1. The molecule has 6 nitrogen and oxygen atoms in total. The van der Waals surface area contributed by atoms with E-state index >= 15 is 0 Å². The predicted octanol–water partition coefficient (Wildman–Crippen LogP) is 3.08. The SMILES string of the molecule is COC(CCC1(O)CC2CCC(C1)N2C(=O)OCc1ccccc1)OC. The summed E-state index contributed by atoms with van der Waals surface area (Å²) in [5.74, 6) is 0. The third kappa shape index (κ3) is 4.37. The van der Waals surface area contributed by atoms with Crippen molar-refractivity contribution in [2.75, 3.05) is 14.2 Å². The summed E-state index contributed by atoms with van der Waals surface area (Å²) in [6, 6.07) is 9.78. The lowest BCUT2D eigenvalue weighted by Crippen LogP contribution is -2.53. The molecule has 2 saturated heterocycles. The molecule has 0 saturated carbocycles. The molecule has 3 rings (SSSR count). The van der Waals surface area contributed by atoms with Crippen molar-refractivity contribution >= 4 is 6.09 Å². The summed E-state index contributed by atoms with van der Waals surface area (Å²) in [5, 5.41) is 11.0. The van der Waals surface area contributed by atoms with Crippen LogP contribution in [0.4, 0.5) is 4.79 Å². The third-order valence-electron chi connectivity index (χ3n) is 5.64. The number of carbonyl (C=O) groups excluding carboxylic acids is 1. The maximum Gasteiger partial charge on any atom is 0.410 e. The molecular formula is C20H29NO5. The van der Waals surface area contributed by atoms with Crippen LogP contribution in [0.15, 0.2) is 30.3 Å². The minimum Gasteiger partial charge on any atom is -0.445 e. The van der Waals surface area contributed by atoms with Crippen LogP contribution in [0.5, 0.6) is 0 Å². The molecule has 2 bridgehead atoms. The van der Waals surface area contributed by atoms with Gasteiger partial charge >= 0.3 is 6.09 Å². The highest BCUT2D eigenvalue weighted by atomic mass is 16.7. The maximum atomic E-state index is 12.6. The first-order valence-electron chi connectivity index (χ1n) is 9.31. The Morgan fingerprint density at radius 3 is 2.38 bits per heavy atom. The van der Waals surface area contributed by atoms with Gasteiger partial charge in [0.05, 0.1) is 5.60 Å². The fourth-order valence-corrected chi connectivity index (χ4v) is 4.34. The van der Waals surface area contributed by atoms with E-state index in [0.29, 0.717) is 25.7 Å². The fraction of sp³-hybridized carbons (Fsp3) is 0.650. The zero-order valence-corrected chi connectivity index (χ0v) is 15.6. The van der Waals surface area contributed by atoms with Crippen molar-refractivity contribution in [1.82, 2.24) is 4.90 Å². The summed E-state index contributed by atoms with van der Waals surface area (Å²) in [4.78, 5) is 14.4. The number of benzene rings is 1. The van der Waals surface area contributed by atoms with Gasteiger partial charge in [-0.2, -0.15) is 0 Å². The van der Waals surface area contributed by atoms with E-state index in [1.807, 2.05) is 35.2 Å². The standard InChI is InChI=1S/C20H29NO5/c1-24-18(25-2)10-11-20(23)12-16-8-9-17(13-20)21(16)19(22)26-14-15-6-4-3-5-7-15/h3-7,16-18,23H,8-14H2,1-2H3. The van der Waals surface area contributed by atoms with E-state index < -0.39 is 5.60 Å². The van der Waals surface area contributed by atoms with E-state index in [0.717, 1.165) is 18.4 Å². The van der Waals surface area contributed by atoms with Gasteiger partial charge < -0.3 is 24.2 Å². The first-order valence-corrected chi connectivity index (χ1v) is 9.31. The molecule has 1 amide bonds. The Hall–Kier alpha value is -1.63. The molecule has 144 valence electrons. The molecule has 2 aliphatic rings. The molecule has 2 heterocycles. The number of hydrogen-bond donors (Lipinski definition) is 1. The average Bonchev–Trinajstić information content (AvgIpc) is 2.94. The van der Waals surface area contributed by atoms with E-state index in [-0.39, 0.29) is 31.1 Å². The number of carbonyl (C=O) groups is 1. The smallest absolute Gasteiger partial charge is 0.410 e. The van der Waals surface area contributed by atoms with Crippen LogP contribution >= 0.6 is 0 Å². The highest BCUT2D eigenvalue weighted by molar-refractivity contribution is 5.69. The lowest BCUT2D eigenvalue weighted by molar-refractivity contribution is -0.125. The van der Waals surface area contributed by atoms with Crippen LogP contribution < -0.4 is 0 Å². The van der Waals surface area contributed by atoms with Crippen molar-refractivity contribution in [1.29, 1.82) is 0 Å². The highest BCUT2D eigenvalue weighted by Crippen LogP contribution is 2.43. The number of methoxy groups -OCH3 is 2. The largest absolute Gasteiger partial charge is 0.445 e. The van der Waals surface area contributed by atoms with Crippen LogP contribution in [0, 0.1) is 0 Å². The summed E-state index contributed by atoms with van der Waals surface area (Å²) in [6.45, 7) is 0.281. The summed E-state index contributed by atoms with van der Waals surface area (Å²) in [7, 11) is 3.21. The van der Waals surface area contributed by atoms with Crippen LogP contribution in [-0.2, 0) is 20.8 Å². The molecule has 1 N–H and O–H groups in total. The molecule has 1 aromatic rings. The lowest BCUT2D eigenvalue weighted by atomic mass is 9.82. The Balaban J connectivity index is 1.55. The zero-order valence-electron chi connectivity index (χ0n) is 15.6. The van der Waals surface area contributed by atoms with Crippen molar-refractivity contribution in [2.24, 2.45) is 0 Å². The van der Waals surface area contributed by atoms with Crippen LogP contribution in [0.3, 0.4) is 0 Å². The lowest BCUT2D eigenvalue weighted by Gasteiger charge is -2.43. The molecule has 26 heavy (non-hydrogen) atoms. The van der Waals surface area contributed by atoms with Crippen LogP contribution in [-0.4, -0.2) is 54.3 Å². The van der Waals surface area contributed by atoms with Crippen molar-refractivity contribution in [3.63, 3.8) is 0 Å². The van der Waals surface area contributed by atoms with Gasteiger partial charge in [-0.05, 0) is 37.7 Å². The van der Waals surface area contributed by atoms with Crippen molar-refractivity contribution in [2.45, 2.75) is 69.1 Å². The van der Waals surface area contributed by atoms with Gasteiger partial charge in [-0.15, -0.1) is 0 Å². The molecule has 2 atom stereocenters. The Labute approximate surface area is 155 Å². The number of piperidine rings is 1. The molecule has 6 heteroatoms. The zero-order chi connectivity index (χ0) is 18.6. The molecule has 0 radical (unpaired) electrons. The topological polar surface area (TPSA) is 68.2 Å². The van der Waals surface area contributed by atoms with Crippen LogP contribution in [0.2, 0.25) is 0 Å². The van der Waals surface area contributed by atoms with Crippen molar-refractivity contribution < 1.29 is 24.1 Å². The van der Waals surface area contributed by atoms with E-state index in [9.17, 15) is 9.90 Å². The molecular weight excluding hydrogens is 334 g/mol. The van der Waals surface area contributed by atoms with Gasteiger partial charge in [0.1, 0.15) is 6.61 Å². The van der Waals surface area contributed by atoms with Gasteiger partial charge in [-0.25, -0.2) is 4.79 Å². The monoisotopic (exact) mass is 363 g/mol. The normalized spacial score (nSPS) is 27.8. The number of ether oxygens (including phenoxy) is 3. The Morgan fingerprint density at radius 2 is 1.81 bits per heavy atom. The van der Waals surface area contributed by atoms with E-state index in [4.69, 9.17) is 14.2 Å². The van der Waals surface area contributed by atoms with Gasteiger partial charge in [0.2, 0.25) is 0 Å². The van der Waals surface area contributed by atoms with Gasteiger partial charge in [0.15, 0.2) is 6.29 Å². The van der Waals surface area contributed by atoms with Gasteiger partial charge in [-0.3, -0.25) is 0 Å². The first-order chi connectivity index (χ1) is 12.5. The highest BCUT2D eigenvalue weighted by Gasteiger charge is 2.49. The number of rotatable bonds is 7. The minimum absolute atomic E-state index is 0.0468. The third-order valence-corrected chi connectivity index (χ3v) is 5.64. The molecule has 0 aliphatic carbocycles. The number of hydrogen-bond acceptors (Lipinski definition) is 5. The molecule has 2 unspecified atom stereocenters. The second-order valence-electron chi connectivity index (χ2n) is 7.40. The van der Waals surface area contributed by atoms with Gasteiger partial charge in [0, 0.05) is 32.7 Å². The van der Waals surface area contributed by atoms with Crippen molar-refractivity contribution in [3.05, 3.63) is 35.9 Å². The molecule has 2 fully saturated rings. The second-order valence-corrected chi connectivity index (χ2v) is 7.40. The quantitative estimate of drug-likeness (QED) is 0.754. The van der Waals surface area contributed by atoms with E-state index in [2.05, 4.69) is 0 Å². The molecule has 1 aromatic carbocycles.